The summed E-state index contributed by atoms with van der Waals surface area (Å²) < 4.78 is 4.19. The van der Waals surface area contributed by atoms with Crippen molar-refractivity contribution in [2.24, 2.45) is 5.73 Å². The first-order valence-corrected chi connectivity index (χ1v) is 7.64. The summed E-state index contributed by atoms with van der Waals surface area (Å²) in [6.07, 6.45) is 10.6. The molecule has 0 atom stereocenters. The molecule has 2 heterocycles. The van der Waals surface area contributed by atoms with Gasteiger partial charge in [-0.1, -0.05) is 31.5 Å². The van der Waals surface area contributed by atoms with E-state index in [1.54, 1.807) is 0 Å². The van der Waals surface area contributed by atoms with Gasteiger partial charge in [-0.05, 0) is 31.0 Å². The Kier molecular flexibility index (Phi) is 3.87. The smallest absolute Gasteiger partial charge is 0.120 e. The van der Waals surface area contributed by atoms with Gasteiger partial charge in [0.2, 0.25) is 0 Å². The van der Waals surface area contributed by atoms with Gasteiger partial charge in [0.25, 0.3) is 0 Å². The highest BCUT2D eigenvalue weighted by atomic mass is 32.1. The maximum atomic E-state index is 5.72. The average molecular weight is 288 g/mol. The van der Waals surface area contributed by atoms with E-state index < -0.39 is 0 Å². The normalized spacial score (nSPS) is 16.4. The van der Waals surface area contributed by atoms with Gasteiger partial charge in [-0.25, -0.2) is 0 Å². The zero-order valence-electron chi connectivity index (χ0n) is 11.5. The second-order valence-corrected chi connectivity index (χ2v) is 5.90. The lowest BCUT2D eigenvalue weighted by atomic mass is 9.96. The summed E-state index contributed by atoms with van der Waals surface area (Å²) in [6.45, 7) is 0.722. The predicted molar refractivity (Wildman–Crippen MR) is 83.8 cm³/mol. The fraction of sp³-hybridized carbons (Fsp3) is 0.467. The van der Waals surface area contributed by atoms with Gasteiger partial charge in [0.15, 0.2) is 0 Å². The molecule has 4 nitrogen and oxygen atoms in total. The van der Waals surface area contributed by atoms with Gasteiger partial charge in [-0.2, -0.15) is 5.10 Å². The molecule has 1 saturated carbocycles. The molecule has 106 valence electrons. The molecule has 2 aromatic rings. The fourth-order valence-corrected chi connectivity index (χ4v) is 3.15. The molecule has 2 N–H and O–H groups in total. The monoisotopic (exact) mass is 288 g/mol. The van der Waals surface area contributed by atoms with Crippen LogP contribution in [0.4, 0.5) is 0 Å². The van der Waals surface area contributed by atoms with Crippen molar-refractivity contribution in [2.75, 3.05) is 0 Å². The number of thiocarbonyl (C=S) groups is 1. The van der Waals surface area contributed by atoms with Crippen molar-refractivity contribution in [3.8, 4) is 0 Å². The molecule has 2 aromatic heterocycles. The number of aromatic nitrogens is 3. The molecule has 3 rings (SSSR count). The third kappa shape index (κ3) is 2.77. The molecular weight excluding hydrogens is 268 g/mol. The van der Waals surface area contributed by atoms with Gasteiger partial charge in [0, 0.05) is 12.4 Å². The van der Waals surface area contributed by atoms with E-state index in [4.69, 9.17) is 23.1 Å². The highest BCUT2D eigenvalue weighted by molar-refractivity contribution is 7.80. The third-order valence-corrected chi connectivity index (χ3v) is 4.24. The van der Waals surface area contributed by atoms with Gasteiger partial charge in [0.1, 0.15) is 4.99 Å². The van der Waals surface area contributed by atoms with Crippen LogP contribution in [-0.4, -0.2) is 19.3 Å². The molecule has 1 fully saturated rings. The van der Waals surface area contributed by atoms with Crippen molar-refractivity contribution in [3.63, 3.8) is 0 Å². The van der Waals surface area contributed by atoms with Crippen molar-refractivity contribution in [3.05, 3.63) is 42.0 Å². The minimum atomic E-state index is 0.432. The van der Waals surface area contributed by atoms with E-state index >= 15 is 0 Å². The van der Waals surface area contributed by atoms with E-state index in [2.05, 4.69) is 21.5 Å². The Morgan fingerprint density at radius 2 is 2.05 bits per heavy atom. The molecule has 1 aliphatic rings. The molecule has 20 heavy (non-hydrogen) atoms. The van der Waals surface area contributed by atoms with Gasteiger partial charge >= 0.3 is 0 Å². The third-order valence-electron chi connectivity index (χ3n) is 4.03. The maximum Gasteiger partial charge on any atom is 0.120 e. The Bertz CT molecular complexity index is 593. The van der Waals surface area contributed by atoms with E-state index in [-0.39, 0.29) is 0 Å². The molecule has 5 heteroatoms. The van der Waals surface area contributed by atoms with Crippen LogP contribution in [0.3, 0.4) is 0 Å². The minimum absolute atomic E-state index is 0.432. The highest BCUT2D eigenvalue weighted by Gasteiger charge is 2.16. The molecule has 0 bridgehead atoms. The molecule has 0 spiro atoms. The van der Waals surface area contributed by atoms with Crippen LogP contribution < -0.4 is 5.73 Å². The summed E-state index contributed by atoms with van der Waals surface area (Å²) in [5.74, 6) is 0. The summed E-state index contributed by atoms with van der Waals surface area (Å²) >= 11 is 5.06. The Balaban J connectivity index is 1.73. The average Bonchev–Trinajstić information content (AvgIpc) is 3.09. The standard InChI is InChI=1S/C15H20N4S/c16-15(20)14-7-4-9-18(14)11-12-8-10-19(17-12)13-5-2-1-3-6-13/h4,7-10,13H,1-3,5-6,11H2,(H2,16,20). The molecule has 0 unspecified atom stereocenters. The second kappa shape index (κ2) is 5.79. The van der Waals surface area contributed by atoms with E-state index in [1.165, 1.54) is 32.1 Å². The molecule has 1 aliphatic carbocycles. The first kappa shape index (κ1) is 13.4. The summed E-state index contributed by atoms with van der Waals surface area (Å²) in [6, 6.07) is 6.59. The summed E-state index contributed by atoms with van der Waals surface area (Å²) in [5.41, 5.74) is 7.67. The summed E-state index contributed by atoms with van der Waals surface area (Å²) in [5, 5.41) is 4.72. The van der Waals surface area contributed by atoms with Crippen LogP contribution in [0.2, 0.25) is 0 Å². The lowest BCUT2D eigenvalue weighted by molar-refractivity contribution is 0.328. The van der Waals surface area contributed by atoms with Gasteiger partial charge in [0.05, 0.1) is 24.0 Å². The van der Waals surface area contributed by atoms with Gasteiger partial charge in [-0.3, -0.25) is 4.68 Å². The number of nitrogens with two attached hydrogens (primary N) is 1. The summed E-state index contributed by atoms with van der Waals surface area (Å²) in [4.78, 5) is 0.432. The van der Waals surface area contributed by atoms with Crippen molar-refractivity contribution in [1.29, 1.82) is 0 Å². The SMILES string of the molecule is NC(=S)c1cccn1Cc1ccn(C2CCCCC2)n1. The first-order valence-electron chi connectivity index (χ1n) is 7.23. The number of hydrogen-bond acceptors (Lipinski definition) is 2. The molecular formula is C15H20N4S. The largest absolute Gasteiger partial charge is 0.388 e. The minimum Gasteiger partial charge on any atom is -0.388 e. The Morgan fingerprint density at radius 1 is 1.25 bits per heavy atom. The van der Waals surface area contributed by atoms with Crippen LogP contribution >= 0.6 is 12.2 Å². The van der Waals surface area contributed by atoms with Crippen LogP contribution in [0.1, 0.15) is 49.5 Å². The quantitative estimate of drug-likeness (QED) is 0.880. The molecule has 0 radical (unpaired) electrons. The van der Waals surface area contributed by atoms with Crippen molar-refractivity contribution < 1.29 is 0 Å². The Hall–Kier alpha value is -1.62. The highest BCUT2D eigenvalue weighted by Crippen LogP contribution is 2.27. The van der Waals surface area contributed by atoms with E-state index in [0.717, 1.165) is 17.9 Å². The number of rotatable bonds is 4. The van der Waals surface area contributed by atoms with Crippen LogP contribution in [0, 0.1) is 0 Å². The Morgan fingerprint density at radius 3 is 2.80 bits per heavy atom. The molecule has 0 aliphatic heterocycles. The van der Waals surface area contributed by atoms with E-state index in [0.29, 0.717) is 11.0 Å². The molecule has 0 saturated heterocycles. The second-order valence-electron chi connectivity index (χ2n) is 5.46. The number of nitrogens with zero attached hydrogens (tertiary/aromatic N) is 3. The topological polar surface area (TPSA) is 48.8 Å². The molecule has 0 amide bonds. The number of hydrogen-bond donors (Lipinski definition) is 1. The van der Waals surface area contributed by atoms with Gasteiger partial charge in [-0.15, -0.1) is 0 Å². The predicted octanol–water partition coefficient (Wildman–Crippen LogP) is 2.87. The maximum absolute atomic E-state index is 5.72. The molecule has 0 aromatic carbocycles. The van der Waals surface area contributed by atoms with Crippen LogP contribution in [-0.2, 0) is 6.54 Å². The van der Waals surface area contributed by atoms with Crippen LogP contribution in [0.25, 0.3) is 0 Å². The zero-order valence-corrected chi connectivity index (χ0v) is 12.4. The van der Waals surface area contributed by atoms with Crippen LogP contribution in [0.15, 0.2) is 30.6 Å². The van der Waals surface area contributed by atoms with Crippen molar-refractivity contribution >= 4 is 17.2 Å². The zero-order chi connectivity index (χ0) is 13.9. The van der Waals surface area contributed by atoms with Crippen molar-refractivity contribution in [2.45, 2.75) is 44.7 Å². The first-order chi connectivity index (χ1) is 9.74. The van der Waals surface area contributed by atoms with Crippen LogP contribution in [0.5, 0.6) is 0 Å². The van der Waals surface area contributed by atoms with Gasteiger partial charge < -0.3 is 10.3 Å². The van der Waals surface area contributed by atoms with Crippen molar-refractivity contribution in [1.82, 2.24) is 14.3 Å². The summed E-state index contributed by atoms with van der Waals surface area (Å²) in [7, 11) is 0. The van der Waals surface area contributed by atoms with E-state index in [9.17, 15) is 0 Å². The lowest BCUT2D eigenvalue weighted by Crippen LogP contribution is -2.16. The fourth-order valence-electron chi connectivity index (χ4n) is 2.96. The lowest BCUT2D eigenvalue weighted by Gasteiger charge is -2.21. The van der Waals surface area contributed by atoms with E-state index in [1.807, 2.05) is 18.3 Å². The Labute approximate surface area is 124 Å².